The third kappa shape index (κ3) is 2.72. The zero-order valence-electron chi connectivity index (χ0n) is 15.7. The molecule has 1 N–H and O–H groups in total. The van der Waals surface area contributed by atoms with Crippen molar-refractivity contribution in [3.63, 3.8) is 0 Å². The molecule has 0 saturated heterocycles. The molecular formula is C22H21N5O. The number of H-pyrrole nitrogens is 1. The molecule has 0 atom stereocenters. The van der Waals surface area contributed by atoms with Crippen LogP contribution in [0.2, 0.25) is 0 Å². The number of pyridine rings is 2. The van der Waals surface area contributed by atoms with Gasteiger partial charge in [0.2, 0.25) is 0 Å². The van der Waals surface area contributed by atoms with Crippen LogP contribution in [0, 0.1) is 5.92 Å². The molecule has 0 radical (unpaired) electrons. The zero-order chi connectivity index (χ0) is 19.0. The van der Waals surface area contributed by atoms with E-state index in [1.807, 2.05) is 36.7 Å². The van der Waals surface area contributed by atoms with E-state index in [1.165, 1.54) is 0 Å². The Labute approximate surface area is 163 Å². The highest BCUT2D eigenvalue weighted by Crippen LogP contribution is 2.41. The van der Waals surface area contributed by atoms with Gasteiger partial charge in [0.25, 0.3) is 0 Å². The predicted octanol–water partition coefficient (Wildman–Crippen LogP) is 3.52. The normalized spacial score (nSPS) is 18.0. The van der Waals surface area contributed by atoms with E-state index in [2.05, 4.69) is 49.6 Å². The second kappa shape index (κ2) is 6.71. The van der Waals surface area contributed by atoms with Crippen LogP contribution in [0.5, 0.6) is 0 Å². The molecule has 0 aliphatic heterocycles. The highest BCUT2D eigenvalue weighted by atomic mass is 16.6. The standard InChI is InChI=1S/C22H21N5O/c1-28-27-20(15-8-9-15)21-16-10-11-22(14-17(16)25-26-21,18-6-2-4-12-23-18)19-7-3-5-13-24-19/h2-7,10-13,15H,8-9,14H2,1H3,(H,25,26). The molecule has 0 spiro atoms. The molecule has 5 rings (SSSR count). The molecule has 3 aromatic rings. The van der Waals surface area contributed by atoms with Crippen molar-refractivity contribution in [1.82, 2.24) is 20.2 Å². The molecule has 28 heavy (non-hydrogen) atoms. The summed E-state index contributed by atoms with van der Waals surface area (Å²) in [4.78, 5) is 14.4. The van der Waals surface area contributed by atoms with Crippen LogP contribution in [0.4, 0.5) is 0 Å². The van der Waals surface area contributed by atoms with Gasteiger partial charge in [-0.25, -0.2) is 0 Å². The van der Waals surface area contributed by atoms with Crippen LogP contribution >= 0.6 is 0 Å². The SMILES string of the molecule is CON=C(c1n[nH]c2c1C=CC(c1ccccn1)(c1ccccn1)C2)C1CC1. The Kier molecular flexibility index (Phi) is 4.04. The van der Waals surface area contributed by atoms with Crippen molar-refractivity contribution in [2.45, 2.75) is 24.7 Å². The van der Waals surface area contributed by atoms with Crippen LogP contribution in [-0.2, 0) is 16.7 Å². The smallest absolute Gasteiger partial charge is 0.117 e. The summed E-state index contributed by atoms with van der Waals surface area (Å²) in [6.07, 6.45) is 11.0. The van der Waals surface area contributed by atoms with Gasteiger partial charge in [-0.05, 0) is 37.1 Å². The van der Waals surface area contributed by atoms with Crippen molar-refractivity contribution in [2.24, 2.45) is 11.1 Å². The minimum atomic E-state index is -0.433. The largest absolute Gasteiger partial charge is 0.399 e. The van der Waals surface area contributed by atoms with Gasteiger partial charge in [0.05, 0.1) is 16.8 Å². The van der Waals surface area contributed by atoms with Crippen molar-refractivity contribution >= 4 is 11.8 Å². The van der Waals surface area contributed by atoms with Crippen molar-refractivity contribution in [2.75, 3.05) is 7.11 Å². The van der Waals surface area contributed by atoms with Gasteiger partial charge < -0.3 is 4.84 Å². The number of nitrogens with zero attached hydrogens (tertiary/aromatic N) is 4. The highest BCUT2D eigenvalue weighted by molar-refractivity contribution is 6.04. The first-order chi connectivity index (χ1) is 13.8. The van der Waals surface area contributed by atoms with Gasteiger partial charge in [0.15, 0.2) is 0 Å². The van der Waals surface area contributed by atoms with E-state index in [1.54, 1.807) is 7.11 Å². The first kappa shape index (κ1) is 16.9. The molecule has 0 aromatic carbocycles. The molecule has 2 aliphatic rings. The van der Waals surface area contributed by atoms with E-state index < -0.39 is 5.41 Å². The second-order valence-electron chi connectivity index (χ2n) is 7.31. The molecule has 0 unspecified atom stereocenters. The van der Waals surface area contributed by atoms with Gasteiger partial charge >= 0.3 is 0 Å². The first-order valence-corrected chi connectivity index (χ1v) is 9.53. The van der Waals surface area contributed by atoms with Gasteiger partial charge in [0, 0.05) is 36.0 Å². The number of rotatable bonds is 5. The van der Waals surface area contributed by atoms with E-state index in [0.717, 1.165) is 46.9 Å². The number of fused-ring (bicyclic) bond motifs is 1. The van der Waals surface area contributed by atoms with Crippen LogP contribution in [0.15, 0.2) is 60.0 Å². The third-order valence-electron chi connectivity index (χ3n) is 5.51. The summed E-state index contributed by atoms with van der Waals surface area (Å²) in [5.74, 6) is 0.444. The highest BCUT2D eigenvalue weighted by Gasteiger charge is 2.40. The Morgan fingerprint density at radius 2 is 1.82 bits per heavy atom. The minimum absolute atomic E-state index is 0.433. The molecule has 140 valence electrons. The Hall–Kier alpha value is -3.28. The van der Waals surface area contributed by atoms with Gasteiger partial charge in [0.1, 0.15) is 18.5 Å². The van der Waals surface area contributed by atoms with Gasteiger partial charge in [-0.1, -0.05) is 29.4 Å². The van der Waals surface area contributed by atoms with Crippen LogP contribution in [-0.4, -0.2) is 33.0 Å². The van der Waals surface area contributed by atoms with Crippen LogP contribution < -0.4 is 0 Å². The molecule has 2 aliphatic carbocycles. The summed E-state index contributed by atoms with van der Waals surface area (Å²) in [7, 11) is 1.59. The quantitative estimate of drug-likeness (QED) is 0.550. The van der Waals surface area contributed by atoms with Crippen LogP contribution in [0.25, 0.3) is 6.08 Å². The number of oxime groups is 1. The zero-order valence-corrected chi connectivity index (χ0v) is 15.7. The fourth-order valence-electron chi connectivity index (χ4n) is 3.96. The summed E-state index contributed by atoms with van der Waals surface area (Å²) in [5, 5.41) is 12.1. The lowest BCUT2D eigenvalue weighted by atomic mass is 9.72. The summed E-state index contributed by atoms with van der Waals surface area (Å²) in [6, 6.07) is 12.0. The molecular weight excluding hydrogens is 350 g/mol. The first-order valence-electron chi connectivity index (χ1n) is 9.53. The number of nitrogens with one attached hydrogen (secondary N) is 1. The summed E-state index contributed by atoms with van der Waals surface area (Å²) >= 11 is 0. The number of hydrogen-bond acceptors (Lipinski definition) is 5. The van der Waals surface area contributed by atoms with E-state index >= 15 is 0 Å². The third-order valence-corrected chi connectivity index (χ3v) is 5.51. The van der Waals surface area contributed by atoms with Crippen molar-refractivity contribution in [3.8, 4) is 0 Å². The Morgan fingerprint density at radius 1 is 1.11 bits per heavy atom. The fraction of sp³-hybridized carbons (Fsp3) is 0.273. The van der Waals surface area contributed by atoms with E-state index in [-0.39, 0.29) is 0 Å². The van der Waals surface area contributed by atoms with Crippen molar-refractivity contribution < 1.29 is 4.84 Å². The number of hydrogen-bond donors (Lipinski definition) is 1. The molecule has 0 bridgehead atoms. The van der Waals surface area contributed by atoms with Gasteiger partial charge in [-0.2, -0.15) is 5.10 Å². The molecule has 0 amide bonds. The van der Waals surface area contributed by atoms with Crippen molar-refractivity contribution in [1.29, 1.82) is 0 Å². The Balaban J connectivity index is 1.62. The summed E-state index contributed by atoms with van der Waals surface area (Å²) in [5.41, 5.74) is 5.50. The molecule has 1 fully saturated rings. The molecule has 1 saturated carbocycles. The van der Waals surface area contributed by atoms with Gasteiger partial charge in [-0.15, -0.1) is 0 Å². The maximum Gasteiger partial charge on any atom is 0.117 e. The maximum atomic E-state index is 5.09. The minimum Gasteiger partial charge on any atom is -0.399 e. The lowest BCUT2D eigenvalue weighted by Crippen LogP contribution is -2.32. The molecule has 6 nitrogen and oxygen atoms in total. The van der Waals surface area contributed by atoms with E-state index in [4.69, 9.17) is 4.84 Å². The van der Waals surface area contributed by atoms with E-state index in [9.17, 15) is 0 Å². The average Bonchev–Trinajstić information content (AvgIpc) is 3.52. The van der Waals surface area contributed by atoms with Gasteiger partial charge in [-0.3, -0.25) is 15.1 Å². The maximum absolute atomic E-state index is 5.09. The Bertz CT molecular complexity index is 996. The molecule has 3 heterocycles. The van der Waals surface area contributed by atoms with Crippen LogP contribution in [0.1, 0.15) is 41.2 Å². The summed E-state index contributed by atoms with van der Waals surface area (Å²) in [6.45, 7) is 0. The number of aromatic amines is 1. The lowest BCUT2D eigenvalue weighted by molar-refractivity contribution is 0.212. The monoisotopic (exact) mass is 371 g/mol. The van der Waals surface area contributed by atoms with Crippen LogP contribution in [0.3, 0.4) is 0 Å². The number of aromatic nitrogens is 4. The summed E-state index contributed by atoms with van der Waals surface area (Å²) < 4.78 is 0. The fourth-order valence-corrected chi connectivity index (χ4v) is 3.96. The van der Waals surface area contributed by atoms with Crippen molar-refractivity contribution in [3.05, 3.63) is 83.2 Å². The second-order valence-corrected chi connectivity index (χ2v) is 7.31. The average molecular weight is 371 g/mol. The topological polar surface area (TPSA) is 76.1 Å². The predicted molar refractivity (Wildman–Crippen MR) is 107 cm³/mol. The van der Waals surface area contributed by atoms with E-state index in [0.29, 0.717) is 12.3 Å². The number of allylic oxidation sites excluding steroid dienone is 1. The molecule has 6 heteroatoms. The lowest BCUT2D eigenvalue weighted by Gasteiger charge is -2.32. The molecule has 3 aromatic heterocycles. The Morgan fingerprint density at radius 3 is 2.39 bits per heavy atom.